The van der Waals surface area contributed by atoms with Crippen LogP contribution in [0.3, 0.4) is 0 Å². The molecule has 0 aliphatic carbocycles. The van der Waals surface area contributed by atoms with Crippen LogP contribution in [0.5, 0.6) is 0 Å². The van der Waals surface area contributed by atoms with Crippen molar-refractivity contribution in [2.24, 2.45) is 0 Å². The minimum atomic E-state index is -1.68. The summed E-state index contributed by atoms with van der Waals surface area (Å²) in [6.07, 6.45) is 18.5. The minimum absolute atomic E-state index is 0.796. The Morgan fingerprint density at radius 3 is 0.840 bits per heavy atom. The fraction of sp³-hybridized carbons (Fsp3) is 0.667. The van der Waals surface area contributed by atoms with Crippen molar-refractivity contribution in [3.8, 4) is 0 Å². The first kappa shape index (κ1) is 24.4. The van der Waals surface area contributed by atoms with E-state index in [4.69, 9.17) is 0 Å². The molecule has 0 aliphatic rings. The van der Waals surface area contributed by atoms with Gasteiger partial charge in [0.15, 0.2) is 0 Å². The molecule has 0 aromatic heterocycles. The van der Waals surface area contributed by atoms with E-state index in [9.17, 15) is 0 Å². The Balaban J connectivity index is 6.60. The van der Waals surface area contributed by atoms with E-state index in [1.165, 1.54) is 25.7 Å². The van der Waals surface area contributed by atoms with Crippen LogP contribution in [0.4, 0.5) is 0 Å². The van der Waals surface area contributed by atoms with Gasteiger partial charge in [-0.3, -0.25) is 0 Å². The summed E-state index contributed by atoms with van der Waals surface area (Å²) in [5.41, 5.74) is 3.18. The Labute approximate surface area is 159 Å². The van der Waals surface area contributed by atoms with E-state index in [0.717, 1.165) is 48.3 Å². The molecule has 0 spiro atoms. The van der Waals surface area contributed by atoms with Gasteiger partial charge in [0.05, 0.1) is 0 Å². The molecule has 0 rings (SSSR count). The third kappa shape index (κ3) is 5.68. The molecule has 0 heterocycles. The van der Waals surface area contributed by atoms with Crippen molar-refractivity contribution in [2.75, 3.05) is 0 Å². The van der Waals surface area contributed by atoms with Crippen LogP contribution in [-0.2, 0) is 0 Å². The van der Waals surface area contributed by atoms with Crippen molar-refractivity contribution >= 4 is 7.26 Å². The zero-order valence-electron chi connectivity index (χ0n) is 17.6. The Morgan fingerprint density at radius 2 is 0.720 bits per heavy atom. The van der Waals surface area contributed by atoms with Gasteiger partial charge in [0.1, 0.15) is 0 Å². The van der Waals surface area contributed by atoms with Gasteiger partial charge in [-0.05, 0) is 0 Å². The monoisotopic (exact) mass is 364 g/mol. The summed E-state index contributed by atoms with van der Waals surface area (Å²) in [4.78, 5) is 0. The molecule has 1 heteroatoms. The van der Waals surface area contributed by atoms with Crippen LogP contribution in [0.2, 0.25) is 0 Å². The first-order valence-electron chi connectivity index (χ1n) is 10.5. The Kier molecular flexibility index (Phi) is 13.2. The summed E-state index contributed by atoms with van der Waals surface area (Å²) in [5.74, 6) is 0. The van der Waals surface area contributed by atoms with Gasteiger partial charge in [0, 0.05) is 0 Å². The molecule has 146 valence electrons. The topological polar surface area (TPSA) is 0 Å². The van der Waals surface area contributed by atoms with E-state index in [0.29, 0.717) is 0 Å². The predicted octanol–water partition coefficient (Wildman–Crippen LogP) is 8.16. The van der Waals surface area contributed by atoms with Crippen molar-refractivity contribution < 1.29 is 0 Å². The van der Waals surface area contributed by atoms with Gasteiger partial charge in [-0.2, -0.15) is 0 Å². The van der Waals surface area contributed by atoms with Crippen LogP contribution < -0.4 is 0 Å². The summed E-state index contributed by atoms with van der Waals surface area (Å²) in [6.45, 7) is 26.1. The van der Waals surface area contributed by atoms with E-state index in [1.54, 1.807) is 0 Å². The number of hydrogen-bond donors (Lipinski definition) is 0. The van der Waals surface area contributed by atoms with Gasteiger partial charge in [0.2, 0.25) is 0 Å². The zero-order valence-corrected chi connectivity index (χ0v) is 18.6. The summed E-state index contributed by atoms with van der Waals surface area (Å²) in [6, 6.07) is 0. The van der Waals surface area contributed by atoms with E-state index >= 15 is 0 Å². The van der Waals surface area contributed by atoms with Crippen molar-refractivity contribution in [2.45, 2.75) is 102 Å². The predicted molar refractivity (Wildman–Crippen MR) is 124 cm³/mol. The second-order valence-electron chi connectivity index (χ2n) is 7.52. The third-order valence-electron chi connectivity index (χ3n) is 6.60. The van der Waals surface area contributed by atoms with Crippen molar-refractivity contribution in [3.63, 3.8) is 0 Å². The van der Waals surface area contributed by atoms with Crippen LogP contribution in [0.25, 0.3) is 0 Å². The number of allylic oxidation sites excluding steroid dienone is 4. The van der Waals surface area contributed by atoms with Crippen LogP contribution >= 0.6 is 7.26 Å². The average molecular weight is 365 g/mol. The zero-order chi connectivity index (χ0) is 19.3. The molecule has 0 bridgehead atoms. The molecule has 0 amide bonds. The van der Waals surface area contributed by atoms with E-state index in [-0.39, 0.29) is 0 Å². The maximum absolute atomic E-state index is 4.12. The van der Waals surface area contributed by atoms with Crippen molar-refractivity contribution in [1.29, 1.82) is 0 Å². The molecule has 25 heavy (non-hydrogen) atoms. The number of rotatable bonds is 16. The molecular formula is C24H45P. The summed E-state index contributed by atoms with van der Waals surface area (Å²) in [5, 5.41) is 0. The van der Waals surface area contributed by atoms with E-state index < -0.39 is 7.26 Å². The third-order valence-corrected chi connectivity index (χ3v) is 14.8. The Morgan fingerprint density at radius 1 is 0.520 bits per heavy atom. The van der Waals surface area contributed by atoms with Gasteiger partial charge in [0.25, 0.3) is 0 Å². The van der Waals surface area contributed by atoms with Gasteiger partial charge >= 0.3 is 160 Å². The first-order chi connectivity index (χ1) is 12.1. The van der Waals surface area contributed by atoms with Crippen molar-refractivity contribution in [3.05, 3.63) is 50.6 Å². The van der Waals surface area contributed by atoms with Crippen LogP contribution in [-0.4, -0.2) is 22.6 Å². The second kappa shape index (κ2) is 13.6. The van der Waals surface area contributed by atoms with Gasteiger partial charge < -0.3 is 0 Å². The van der Waals surface area contributed by atoms with Crippen LogP contribution in [0.1, 0.15) is 79.1 Å². The molecular weight excluding hydrogens is 319 g/mol. The Hall–Kier alpha value is -0.610. The molecule has 0 fully saturated rings. The normalized spacial score (nSPS) is 17.1. The van der Waals surface area contributed by atoms with Crippen LogP contribution in [0, 0.1) is 0 Å². The molecule has 0 N–H and O–H groups in total. The number of hydrogen-bond acceptors (Lipinski definition) is 0. The molecule has 4 unspecified atom stereocenters. The molecule has 0 saturated heterocycles. The summed E-state index contributed by atoms with van der Waals surface area (Å²) >= 11 is 0. The van der Waals surface area contributed by atoms with E-state index in [2.05, 4.69) is 78.3 Å². The molecule has 0 saturated carbocycles. The molecule has 0 nitrogen and oxygen atoms in total. The summed E-state index contributed by atoms with van der Waals surface area (Å²) in [7, 11) is -1.68. The average Bonchev–Trinajstić information content (AvgIpc) is 2.63. The summed E-state index contributed by atoms with van der Waals surface area (Å²) < 4.78 is 0. The SMILES string of the molecule is C=CCC(CC)[PH](C(CC)CC=C)(C(CC)CC=C)C(CC)CC=C. The standard InChI is InChI=1S/C24H45P/c1-9-17-21(13-5)25(22(14-6)18-10-2,23(15-7)19-11-3)24(16-8)20-12-4/h9-12,21-25H,1-4,13-20H2,5-8H3. The molecule has 0 radical (unpaired) electrons. The second-order valence-corrected chi connectivity index (χ2v) is 12.8. The molecule has 4 atom stereocenters. The van der Waals surface area contributed by atoms with Crippen molar-refractivity contribution in [1.82, 2.24) is 0 Å². The van der Waals surface area contributed by atoms with Gasteiger partial charge in [-0.25, -0.2) is 0 Å². The van der Waals surface area contributed by atoms with Crippen LogP contribution in [0.15, 0.2) is 50.6 Å². The quantitative estimate of drug-likeness (QED) is 0.191. The Bertz CT molecular complexity index is 317. The first-order valence-corrected chi connectivity index (χ1v) is 12.8. The van der Waals surface area contributed by atoms with E-state index in [1.807, 2.05) is 0 Å². The molecule has 0 aromatic rings. The molecule has 0 aliphatic heterocycles. The fourth-order valence-corrected chi connectivity index (χ4v) is 14.8. The maximum atomic E-state index is 4.12. The van der Waals surface area contributed by atoms with Gasteiger partial charge in [-0.15, -0.1) is 0 Å². The molecule has 0 aromatic carbocycles. The van der Waals surface area contributed by atoms with Gasteiger partial charge in [-0.1, -0.05) is 0 Å². The fourth-order valence-electron chi connectivity index (χ4n) is 5.70.